The molecule has 0 atom stereocenters. The highest BCUT2D eigenvalue weighted by Crippen LogP contribution is 2.38. The Morgan fingerprint density at radius 1 is 1.35 bits per heavy atom. The van der Waals surface area contributed by atoms with Gasteiger partial charge in [-0.25, -0.2) is 0 Å². The molecule has 0 bridgehead atoms. The van der Waals surface area contributed by atoms with Crippen molar-refractivity contribution in [1.29, 1.82) is 0 Å². The van der Waals surface area contributed by atoms with E-state index in [9.17, 15) is 4.79 Å². The van der Waals surface area contributed by atoms with E-state index >= 15 is 0 Å². The molecule has 0 unspecified atom stereocenters. The van der Waals surface area contributed by atoms with Crippen LogP contribution in [0.2, 0.25) is 0 Å². The summed E-state index contributed by atoms with van der Waals surface area (Å²) in [6, 6.07) is 5.75. The summed E-state index contributed by atoms with van der Waals surface area (Å²) in [5, 5.41) is 0. The average molecular weight is 388 g/mol. The van der Waals surface area contributed by atoms with Gasteiger partial charge >= 0.3 is 0 Å². The first kappa shape index (κ1) is 18.8. The number of thioether (sulfide) groups is 1. The summed E-state index contributed by atoms with van der Waals surface area (Å²) < 4.78 is 11.5. The smallest absolute Gasteiger partial charge is 0.266 e. The number of carbonyl (C=O) groups excluding carboxylic acids is 1. The van der Waals surface area contributed by atoms with Crippen molar-refractivity contribution in [2.24, 2.45) is 0 Å². The first-order valence-electron chi connectivity index (χ1n) is 8.65. The largest absolute Gasteiger partial charge is 0.493 e. The van der Waals surface area contributed by atoms with E-state index in [0.717, 1.165) is 31.2 Å². The number of ether oxygens (including phenoxy) is 2. The third kappa shape index (κ3) is 4.05. The van der Waals surface area contributed by atoms with Crippen LogP contribution in [-0.2, 0) is 4.79 Å². The summed E-state index contributed by atoms with van der Waals surface area (Å²) in [5.74, 6) is 3.60. The first-order chi connectivity index (χ1) is 12.6. The Kier molecular flexibility index (Phi) is 6.23. The van der Waals surface area contributed by atoms with Gasteiger partial charge in [-0.2, -0.15) is 0 Å². The maximum Gasteiger partial charge on any atom is 0.266 e. The van der Waals surface area contributed by atoms with Crippen molar-refractivity contribution < 1.29 is 14.3 Å². The fourth-order valence-electron chi connectivity index (χ4n) is 3.30. The van der Waals surface area contributed by atoms with Crippen molar-refractivity contribution in [3.05, 3.63) is 28.7 Å². The number of methoxy groups -OCH3 is 1. The molecule has 0 spiro atoms. The molecule has 1 aromatic carbocycles. The van der Waals surface area contributed by atoms with E-state index in [1.165, 1.54) is 18.2 Å². The fraction of sp³-hybridized carbons (Fsp3) is 0.400. The van der Waals surface area contributed by atoms with Crippen LogP contribution in [-0.4, -0.2) is 34.9 Å². The summed E-state index contributed by atoms with van der Waals surface area (Å²) in [5.41, 5.74) is 0.860. The third-order valence-electron chi connectivity index (χ3n) is 4.56. The zero-order valence-electron chi connectivity index (χ0n) is 14.7. The molecule has 136 valence electrons. The molecule has 2 aliphatic rings. The Morgan fingerprint density at radius 3 is 2.81 bits per heavy atom. The SMILES string of the molecule is C#CCOc1ccc(/C=C2/SC(=S)N(C3CCCCC3)C2=O)cc1OC. The van der Waals surface area contributed by atoms with E-state index in [1.54, 1.807) is 13.2 Å². The highest BCUT2D eigenvalue weighted by atomic mass is 32.2. The van der Waals surface area contributed by atoms with Gasteiger partial charge in [0.15, 0.2) is 11.5 Å². The Morgan fingerprint density at radius 2 is 2.12 bits per heavy atom. The Bertz CT molecular complexity index is 776. The predicted molar refractivity (Wildman–Crippen MR) is 109 cm³/mol. The topological polar surface area (TPSA) is 38.8 Å². The number of rotatable bonds is 5. The number of hydrogen-bond acceptors (Lipinski definition) is 5. The van der Waals surface area contributed by atoms with Gasteiger partial charge in [0.25, 0.3) is 5.91 Å². The van der Waals surface area contributed by atoms with Crippen LogP contribution in [0.15, 0.2) is 23.1 Å². The summed E-state index contributed by atoms with van der Waals surface area (Å²) in [7, 11) is 1.57. The summed E-state index contributed by atoms with van der Waals surface area (Å²) >= 11 is 6.84. The van der Waals surface area contributed by atoms with Crippen molar-refractivity contribution in [1.82, 2.24) is 4.90 Å². The van der Waals surface area contributed by atoms with Crippen molar-refractivity contribution >= 4 is 40.3 Å². The number of hydrogen-bond donors (Lipinski definition) is 0. The Balaban J connectivity index is 1.80. The third-order valence-corrected chi connectivity index (χ3v) is 5.89. The number of carbonyl (C=O) groups is 1. The maximum atomic E-state index is 12.9. The lowest BCUT2D eigenvalue weighted by Crippen LogP contribution is -2.39. The van der Waals surface area contributed by atoms with Crippen LogP contribution in [0.4, 0.5) is 0 Å². The van der Waals surface area contributed by atoms with Gasteiger partial charge in [-0.1, -0.05) is 55.2 Å². The number of amides is 1. The van der Waals surface area contributed by atoms with Crippen LogP contribution < -0.4 is 9.47 Å². The van der Waals surface area contributed by atoms with Gasteiger partial charge in [-0.15, -0.1) is 6.42 Å². The Labute approximate surface area is 163 Å². The molecule has 6 heteroatoms. The van der Waals surface area contributed by atoms with E-state index in [4.69, 9.17) is 28.1 Å². The van der Waals surface area contributed by atoms with Crippen LogP contribution in [0.5, 0.6) is 11.5 Å². The molecule has 4 nitrogen and oxygen atoms in total. The van der Waals surface area contributed by atoms with E-state index in [-0.39, 0.29) is 18.6 Å². The normalized spacial score (nSPS) is 19.7. The van der Waals surface area contributed by atoms with Crippen molar-refractivity contribution in [2.75, 3.05) is 13.7 Å². The van der Waals surface area contributed by atoms with Crippen LogP contribution in [0.25, 0.3) is 6.08 Å². The Hall–Kier alpha value is -1.97. The second-order valence-electron chi connectivity index (χ2n) is 6.25. The lowest BCUT2D eigenvalue weighted by molar-refractivity contribution is -0.124. The molecule has 1 amide bonds. The van der Waals surface area contributed by atoms with Crippen LogP contribution >= 0.6 is 24.0 Å². The first-order valence-corrected chi connectivity index (χ1v) is 9.88. The predicted octanol–water partition coefficient (Wildman–Crippen LogP) is 4.24. The quantitative estimate of drug-likeness (QED) is 0.429. The maximum absolute atomic E-state index is 12.9. The molecule has 1 heterocycles. The summed E-state index contributed by atoms with van der Waals surface area (Å²) in [6.07, 6.45) is 12.7. The van der Waals surface area contributed by atoms with Gasteiger partial charge in [0.1, 0.15) is 10.9 Å². The second-order valence-corrected chi connectivity index (χ2v) is 7.92. The van der Waals surface area contributed by atoms with Gasteiger partial charge in [0.2, 0.25) is 0 Å². The molecule has 2 fully saturated rings. The number of terminal acetylenes is 1. The van der Waals surface area contributed by atoms with E-state index < -0.39 is 0 Å². The molecule has 1 aromatic rings. The van der Waals surface area contributed by atoms with Gasteiger partial charge in [-0.05, 0) is 36.6 Å². The lowest BCUT2D eigenvalue weighted by atomic mass is 9.94. The summed E-state index contributed by atoms with van der Waals surface area (Å²) in [6.45, 7) is 0.176. The van der Waals surface area contributed by atoms with Crippen LogP contribution in [0.3, 0.4) is 0 Å². The molecule has 0 aromatic heterocycles. The standard InChI is InChI=1S/C20H21NO3S2/c1-3-11-24-16-10-9-14(12-17(16)23-2)13-18-19(22)21(20(25)26-18)15-7-5-4-6-8-15/h1,9-10,12-13,15H,4-8,11H2,2H3/b18-13+. The molecule has 1 saturated heterocycles. The van der Waals surface area contributed by atoms with Gasteiger partial charge in [-0.3, -0.25) is 9.69 Å². The number of thiocarbonyl (C=S) groups is 1. The second kappa shape index (κ2) is 8.61. The minimum atomic E-state index is 0.0125. The average Bonchev–Trinajstić information content (AvgIpc) is 2.94. The number of nitrogens with zero attached hydrogens (tertiary/aromatic N) is 1. The van der Waals surface area contributed by atoms with Gasteiger partial charge in [0, 0.05) is 6.04 Å². The molecular weight excluding hydrogens is 366 g/mol. The molecule has 1 aliphatic carbocycles. The zero-order valence-corrected chi connectivity index (χ0v) is 16.3. The molecule has 0 N–H and O–H groups in total. The highest BCUT2D eigenvalue weighted by Gasteiger charge is 2.37. The lowest BCUT2D eigenvalue weighted by Gasteiger charge is -2.29. The van der Waals surface area contributed by atoms with Crippen molar-refractivity contribution in [3.63, 3.8) is 0 Å². The summed E-state index contributed by atoms with van der Waals surface area (Å²) in [4.78, 5) is 15.3. The monoisotopic (exact) mass is 387 g/mol. The van der Waals surface area contributed by atoms with E-state index in [1.807, 2.05) is 23.1 Å². The van der Waals surface area contributed by atoms with Gasteiger partial charge < -0.3 is 9.47 Å². The van der Waals surface area contributed by atoms with Crippen LogP contribution in [0.1, 0.15) is 37.7 Å². The zero-order chi connectivity index (χ0) is 18.5. The van der Waals surface area contributed by atoms with Crippen molar-refractivity contribution in [2.45, 2.75) is 38.1 Å². The number of benzene rings is 1. The van der Waals surface area contributed by atoms with E-state index in [2.05, 4.69) is 5.92 Å². The molecule has 1 saturated carbocycles. The van der Waals surface area contributed by atoms with Crippen LogP contribution in [0, 0.1) is 12.3 Å². The molecular formula is C20H21NO3S2. The molecule has 0 radical (unpaired) electrons. The molecule has 26 heavy (non-hydrogen) atoms. The molecule has 1 aliphatic heterocycles. The minimum absolute atomic E-state index is 0.0125. The minimum Gasteiger partial charge on any atom is -0.493 e. The van der Waals surface area contributed by atoms with E-state index in [0.29, 0.717) is 20.7 Å². The van der Waals surface area contributed by atoms with Gasteiger partial charge in [0.05, 0.1) is 12.0 Å². The fourth-order valence-corrected chi connectivity index (χ4v) is 4.70. The van der Waals surface area contributed by atoms with Crippen molar-refractivity contribution in [3.8, 4) is 23.8 Å². The highest BCUT2D eigenvalue weighted by molar-refractivity contribution is 8.26. The molecule has 3 rings (SSSR count).